The van der Waals surface area contributed by atoms with Crippen LogP contribution in [0.25, 0.3) is 0 Å². The van der Waals surface area contributed by atoms with Gasteiger partial charge in [0.1, 0.15) is 12.2 Å². The van der Waals surface area contributed by atoms with Crippen molar-refractivity contribution in [3.8, 4) is 0 Å². The number of esters is 2. The van der Waals surface area contributed by atoms with E-state index < -0.39 is 23.8 Å². The third kappa shape index (κ3) is 3.22. The molecule has 3 rings (SSSR count). The zero-order chi connectivity index (χ0) is 19.1. The smallest absolute Gasteiger partial charge is 0.309 e. The van der Waals surface area contributed by atoms with Crippen LogP contribution < -0.4 is 0 Å². The average molecular weight is 361 g/mol. The van der Waals surface area contributed by atoms with E-state index in [1.165, 1.54) is 6.92 Å². The number of aliphatic imine (C=N–C) groups is 1. The van der Waals surface area contributed by atoms with E-state index in [1.807, 2.05) is 32.9 Å². The highest BCUT2D eigenvalue weighted by molar-refractivity contribution is 6.15. The quantitative estimate of drug-likeness (QED) is 0.537. The van der Waals surface area contributed by atoms with Crippen molar-refractivity contribution in [2.24, 2.45) is 10.9 Å². The van der Waals surface area contributed by atoms with Gasteiger partial charge in [0.25, 0.3) is 0 Å². The fraction of sp³-hybridized carbons (Fsp3) is 0.650. The molecular weight excluding hydrogens is 334 g/mol. The van der Waals surface area contributed by atoms with Gasteiger partial charge in [-0.3, -0.25) is 14.6 Å². The lowest BCUT2D eigenvalue weighted by Gasteiger charge is -2.24. The highest BCUT2D eigenvalue weighted by Gasteiger charge is 2.65. The number of carbonyl (C=O) groups is 2. The normalized spacial score (nSPS) is 31.1. The van der Waals surface area contributed by atoms with Crippen LogP contribution in [-0.2, 0) is 23.8 Å². The van der Waals surface area contributed by atoms with Crippen molar-refractivity contribution in [1.82, 2.24) is 0 Å². The fourth-order valence-corrected chi connectivity index (χ4v) is 3.65. The first-order chi connectivity index (χ1) is 12.3. The van der Waals surface area contributed by atoms with Gasteiger partial charge in [0.2, 0.25) is 0 Å². The molecule has 2 aliphatic heterocycles. The topological polar surface area (TPSA) is 77.5 Å². The summed E-state index contributed by atoms with van der Waals surface area (Å²) in [6.07, 6.45) is 4.36. The number of ether oxygens (including phenoxy) is 3. The van der Waals surface area contributed by atoms with Crippen molar-refractivity contribution >= 4 is 17.7 Å². The maximum absolute atomic E-state index is 12.3. The molecule has 3 aliphatic rings. The summed E-state index contributed by atoms with van der Waals surface area (Å²) < 4.78 is 17.0. The minimum absolute atomic E-state index is 0.130. The van der Waals surface area contributed by atoms with Crippen molar-refractivity contribution in [1.29, 1.82) is 0 Å². The Labute approximate surface area is 154 Å². The Hall–Kier alpha value is -1.95. The number of carbonyl (C=O) groups excluding carboxylic acids is 2. The van der Waals surface area contributed by atoms with Crippen molar-refractivity contribution in [2.45, 2.75) is 71.4 Å². The second-order valence-corrected chi connectivity index (χ2v) is 7.34. The first-order valence-electron chi connectivity index (χ1n) is 9.31. The van der Waals surface area contributed by atoms with Crippen molar-refractivity contribution in [3.05, 3.63) is 23.3 Å². The van der Waals surface area contributed by atoms with Crippen LogP contribution in [0.4, 0.5) is 0 Å². The molecule has 0 saturated carbocycles. The highest BCUT2D eigenvalue weighted by Crippen LogP contribution is 2.54. The highest BCUT2D eigenvalue weighted by atomic mass is 16.6. The van der Waals surface area contributed by atoms with Crippen LogP contribution in [0.1, 0.15) is 47.5 Å². The lowest BCUT2D eigenvalue weighted by molar-refractivity contribution is -0.164. The van der Waals surface area contributed by atoms with E-state index in [9.17, 15) is 9.59 Å². The Morgan fingerprint density at radius 1 is 1.42 bits per heavy atom. The largest absolute Gasteiger partial charge is 0.459 e. The van der Waals surface area contributed by atoms with Crippen LogP contribution in [0.2, 0.25) is 0 Å². The van der Waals surface area contributed by atoms with E-state index in [4.69, 9.17) is 14.2 Å². The SMILES string of the molecule is CC[C@@H](C)C(=O)O[C@@H](/C=C1\C=C(C)C2=NCC[C@H]3O[C@]213)[C@H](C)OC(C)=O. The fourth-order valence-electron chi connectivity index (χ4n) is 3.65. The molecule has 1 aliphatic carbocycles. The number of hydrogen-bond acceptors (Lipinski definition) is 6. The van der Waals surface area contributed by atoms with E-state index in [-0.39, 0.29) is 18.0 Å². The van der Waals surface area contributed by atoms with E-state index >= 15 is 0 Å². The van der Waals surface area contributed by atoms with Crippen LogP contribution >= 0.6 is 0 Å². The molecule has 6 nitrogen and oxygen atoms in total. The first-order valence-corrected chi connectivity index (χ1v) is 9.31. The van der Waals surface area contributed by atoms with Gasteiger partial charge >= 0.3 is 11.9 Å². The second kappa shape index (κ2) is 6.99. The zero-order valence-corrected chi connectivity index (χ0v) is 16.1. The average Bonchev–Trinajstić information content (AvgIpc) is 3.28. The molecule has 0 aromatic heterocycles. The lowest BCUT2D eigenvalue weighted by atomic mass is 9.90. The number of hydrogen-bond donors (Lipinski definition) is 0. The van der Waals surface area contributed by atoms with Crippen LogP contribution in [0.5, 0.6) is 0 Å². The third-order valence-corrected chi connectivity index (χ3v) is 5.34. The van der Waals surface area contributed by atoms with Gasteiger partial charge in [-0.2, -0.15) is 0 Å². The summed E-state index contributed by atoms with van der Waals surface area (Å²) in [6, 6.07) is 0. The Balaban J connectivity index is 1.88. The summed E-state index contributed by atoms with van der Waals surface area (Å²) in [6.45, 7) is 9.63. The standard InChI is InChI=1S/C20H27NO5/c1-6-11(2)19(23)25-16(13(4)24-14(5)22)10-15-9-12(3)18-20(15)17(26-20)7-8-21-18/h9-11,13,16-17H,6-8H2,1-5H3/b15-10+/t11-,13+,16+,17-,20-/m1/s1. The Morgan fingerprint density at radius 2 is 2.15 bits per heavy atom. The van der Waals surface area contributed by atoms with E-state index in [0.29, 0.717) is 6.42 Å². The molecule has 6 heteroatoms. The van der Waals surface area contributed by atoms with E-state index in [1.54, 1.807) is 6.92 Å². The summed E-state index contributed by atoms with van der Waals surface area (Å²) in [7, 11) is 0. The Morgan fingerprint density at radius 3 is 2.81 bits per heavy atom. The molecule has 1 spiro atoms. The number of epoxide rings is 1. The molecule has 1 saturated heterocycles. The summed E-state index contributed by atoms with van der Waals surface area (Å²) in [5, 5.41) is 0. The maximum atomic E-state index is 12.3. The number of nitrogens with zero attached hydrogens (tertiary/aromatic N) is 1. The van der Waals surface area contributed by atoms with E-state index in [0.717, 1.165) is 29.8 Å². The van der Waals surface area contributed by atoms with Crippen LogP contribution in [0.3, 0.4) is 0 Å². The number of rotatable bonds is 6. The van der Waals surface area contributed by atoms with Gasteiger partial charge in [-0.1, -0.05) is 19.9 Å². The van der Waals surface area contributed by atoms with E-state index in [2.05, 4.69) is 4.99 Å². The van der Waals surface area contributed by atoms with Crippen LogP contribution in [-0.4, -0.2) is 48.1 Å². The molecule has 0 aromatic carbocycles. The van der Waals surface area contributed by atoms with Gasteiger partial charge in [-0.15, -0.1) is 0 Å². The molecule has 2 heterocycles. The van der Waals surface area contributed by atoms with Gasteiger partial charge in [0.15, 0.2) is 11.7 Å². The predicted molar refractivity (Wildman–Crippen MR) is 96.9 cm³/mol. The van der Waals surface area contributed by atoms with Gasteiger partial charge < -0.3 is 14.2 Å². The van der Waals surface area contributed by atoms with Crippen molar-refractivity contribution < 1.29 is 23.8 Å². The van der Waals surface area contributed by atoms with Gasteiger partial charge in [0.05, 0.1) is 11.6 Å². The lowest BCUT2D eigenvalue weighted by Crippen LogP contribution is -2.35. The maximum Gasteiger partial charge on any atom is 0.309 e. The predicted octanol–water partition coefficient (Wildman–Crippen LogP) is 2.76. The Bertz CT molecular complexity index is 707. The molecule has 142 valence electrons. The first kappa shape index (κ1) is 18.8. The molecule has 0 bridgehead atoms. The summed E-state index contributed by atoms with van der Waals surface area (Å²) >= 11 is 0. The molecule has 0 radical (unpaired) electrons. The molecule has 0 amide bonds. The Kier molecular flexibility index (Phi) is 5.06. The molecule has 0 unspecified atom stereocenters. The van der Waals surface area contributed by atoms with Crippen molar-refractivity contribution in [2.75, 3.05) is 6.54 Å². The monoisotopic (exact) mass is 361 g/mol. The van der Waals surface area contributed by atoms with Crippen molar-refractivity contribution in [3.63, 3.8) is 0 Å². The minimum atomic E-state index is -0.667. The molecule has 26 heavy (non-hydrogen) atoms. The second-order valence-electron chi connectivity index (χ2n) is 7.34. The van der Waals surface area contributed by atoms with Gasteiger partial charge in [-0.25, -0.2) is 0 Å². The van der Waals surface area contributed by atoms with Crippen LogP contribution in [0, 0.1) is 5.92 Å². The molecule has 1 fully saturated rings. The summed E-state index contributed by atoms with van der Waals surface area (Å²) in [4.78, 5) is 28.3. The molecule has 5 atom stereocenters. The third-order valence-electron chi connectivity index (χ3n) is 5.34. The molecule has 0 N–H and O–H groups in total. The summed E-state index contributed by atoms with van der Waals surface area (Å²) in [5.74, 6) is -0.913. The van der Waals surface area contributed by atoms with Gasteiger partial charge in [-0.05, 0) is 43.9 Å². The molecular formula is C20H27NO5. The minimum Gasteiger partial charge on any atom is -0.459 e. The van der Waals surface area contributed by atoms with Crippen LogP contribution in [0.15, 0.2) is 28.3 Å². The molecule has 0 aromatic rings. The van der Waals surface area contributed by atoms with Gasteiger partial charge in [0, 0.05) is 13.5 Å². The zero-order valence-electron chi connectivity index (χ0n) is 16.1. The summed E-state index contributed by atoms with van der Waals surface area (Å²) in [5.41, 5.74) is 2.51.